The molecule has 2 aromatic rings. The Labute approximate surface area is 117 Å². The Morgan fingerprint density at radius 3 is 2.25 bits per heavy atom. The van der Waals surface area contributed by atoms with Gasteiger partial charge in [-0.25, -0.2) is 0 Å². The lowest BCUT2D eigenvalue weighted by Gasteiger charge is -2.19. The maximum atomic E-state index is 12.2. The summed E-state index contributed by atoms with van der Waals surface area (Å²) in [5.41, 5.74) is 4.16. The summed E-state index contributed by atoms with van der Waals surface area (Å²) in [6.45, 7) is 4.24. The van der Waals surface area contributed by atoms with Gasteiger partial charge in [-0.05, 0) is 30.5 Å². The molecular weight excluding hydrogens is 250 g/mol. The minimum atomic E-state index is -0.429. The molecule has 1 aliphatic heterocycles. The summed E-state index contributed by atoms with van der Waals surface area (Å²) < 4.78 is 0. The normalized spacial score (nSPS) is 13.8. The second kappa shape index (κ2) is 4.60. The van der Waals surface area contributed by atoms with E-state index in [0.29, 0.717) is 12.1 Å². The molecule has 0 bridgehead atoms. The number of anilines is 1. The van der Waals surface area contributed by atoms with Gasteiger partial charge in [0.2, 0.25) is 0 Å². The van der Waals surface area contributed by atoms with Crippen molar-refractivity contribution in [2.75, 3.05) is 4.90 Å². The number of benzene rings is 2. The Kier molecular flexibility index (Phi) is 2.90. The van der Waals surface area contributed by atoms with Crippen molar-refractivity contribution in [2.45, 2.75) is 20.4 Å². The third-order valence-electron chi connectivity index (χ3n) is 3.71. The zero-order valence-corrected chi connectivity index (χ0v) is 11.5. The van der Waals surface area contributed by atoms with Gasteiger partial charge in [-0.1, -0.05) is 42.5 Å². The van der Waals surface area contributed by atoms with E-state index in [-0.39, 0.29) is 0 Å². The number of amides is 1. The van der Waals surface area contributed by atoms with E-state index in [1.54, 1.807) is 4.90 Å². The molecule has 0 N–H and O–H groups in total. The number of aryl methyl sites for hydroxylation is 2. The molecule has 0 radical (unpaired) electrons. The quantitative estimate of drug-likeness (QED) is 0.783. The summed E-state index contributed by atoms with van der Waals surface area (Å²) in [5, 5.41) is 0. The Morgan fingerprint density at radius 1 is 0.900 bits per heavy atom. The van der Waals surface area contributed by atoms with E-state index in [9.17, 15) is 9.59 Å². The Hall–Kier alpha value is -2.42. The van der Waals surface area contributed by atoms with Crippen molar-refractivity contribution in [3.8, 4) is 0 Å². The molecule has 0 saturated heterocycles. The van der Waals surface area contributed by atoms with E-state index in [0.717, 1.165) is 22.4 Å². The number of fused-ring (bicyclic) bond motifs is 1. The maximum Gasteiger partial charge on any atom is 0.299 e. The highest BCUT2D eigenvalue weighted by Gasteiger charge is 2.37. The van der Waals surface area contributed by atoms with Gasteiger partial charge in [-0.15, -0.1) is 0 Å². The zero-order valence-electron chi connectivity index (χ0n) is 11.5. The molecule has 1 aliphatic rings. The van der Waals surface area contributed by atoms with Crippen LogP contribution >= 0.6 is 0 Å². The average Bonchev–Trinajstić information content (AvgIpc) is 2.70. The Morgan fingerprint density at radius 2 is 1.55 bits per heavy atom. The van der Waals surface area contributed by atoms with Crippen LogP contribution in [0.25, 0.3) is 0 Å². The van der Waals surface area contributed by atoms with Crippen LogP contribution in [0, 0.1) is 13.8 Å². The van der Waals surface area contributed by atoms with Gasteiger partial charge in [0.25, 0.3) is 11.7 Å². The number of nitrogens with zero attached hydrogens (tertiary/aromatic N) is 1. The lowest BCUT2D eigenvalue weighted by atomic mass is 10.0. The zero-order chi connectivity index (χ0) is 14.3. The van der Waals surface area contributed by atoms with Crippen LogP contribution in [0.2, 0.25) is 0 Å². The standard InChI is InChI=1S/C17H15NO2/c1-11-8-9-12(2)15-14(11)16(19)17(20)18(15)10-13-6-4-3-5-7-13/h3-9H,10H2,1-2H3. The molecule has 3 rings (SSSR count). The smallest absolute Gasteiger partial charge is 0.299 e. The molecule has 2 aromatic carbocycles. The van der Waals surface area contributed by atoms with E-state index >= 15 is 0 Å². The number of carbonyl (C=O) groups is 2. The van der Waals surface area contributed by atoms with Crippen molar-refractivity contribution >= 4 is 17.4 Å². The summed E-state index contributed by atoms with van der Waals surface area (Å²) in [7, 11) is 0. The molecule has 3 nitrogen and oxygen atoms in total. The highest BCUT2D eigenvalue weighted by atomic mass is 16.2. The minimum Gasteiger partial charge on any atom is -0.300 e. The SMILES string of the molecule is Cc1ccc(C)c2c1C(=O)C(=O)N2Cc1ccccc1. The van der Waals surface area contributed by atoms with Crippen LogP contribution in [-0.4, -0.2) is 11.7 Å². The molecule has 100 valence electrons. The third kappa shape index (κ3) is 1.83. The molecule has 20 heavy (non-hydrogen) atoms. The third-order valence-corrected chi connectivity index (χ3v) is 3.71. The summed E-state index contributed by atoms with van der Waals surface area (Å²) in [4.78, 5) is 26.0. The first-order chi connectivity index (χ1) is 9.59. The lowest BCUT2D eigenvalue weighted by Crippen LogP contribution is -2.29. The molecule has 0 atom stereocenters. The molecule has 1 heterocycles. The van der Waals surface area contributed by atoms with Crippen molar-refractivity contribution in [2.24, 2.45) is 0 Å². The van der Waals surface area contributed by atoms with Gasteiger partial charge in [0.05, 0.1) is 17.8 Å². The van der Waals surface area contributed by atoms with E-state index in [4.69, 9.17) is 0 Å². The molecule has 3 heteroatoms. The van der Waals surface area contributed by atoms with Crippen LogP contribution in [-0.2, 0) is 11.3 Å². The topological polar surface area (TPSA) is 37.4 Å². The molecule has 0 fully saturated rings. The molecule has 0 saturated carbocycles. The number of carbonyl (C=O) groups excluding carboxylic acids is 2. The summed E-state index contributed by atoms with van der Waals surface area (Å²) in [6, 6.07) is 13.6. The van der Waals surface area contributed by atoms with Crippen LogP contribution in [0.1, 0.15) is 27.0 Å². The first kappa shape index (κ1) is 12.6. The molecule has 1 amide bonds. The van der Waals surface area contributed by atoms with Gasteiger partial charge >= 0.3 is 0 Å². The average molecular weight is 265 g/mol. The molecule has 0 unspecified atom stereocenters. The van der Waals surface area contributed by atoms with Crippen LogP contribution in [0.4, 0.5) is 5.69 Å². The molecular formula is C17H15NO2. The second-order valence-electron chi connectivity index (χ2n) is 5.13. The highest BCUT2D eigenvalue weighted by molar-refractivity contribution is 6.52. The fraction of sp³-hybridized carbons (Fsp3) is 0.176. The van der Waals surface area contributed by atoms with Crippen molar-refractivity contribution in [3.63, 3.8) is 0 Å². The van der Waals surface area contributed by atoms with Gasteiger partial charge in [0.1, 0.15) is 0 Å². The van der Waals surface area contributed by atoms with Crippen LogP contribution in [0.3, 0.4) is 0 Å². The minimum absolute atomic E-state index is 0.392. The molecule has 0 spiro atoms. The van der Waals surface area contributed by atoms with Crippen molar-refractivity contribution in [1.82, 2.24) is 0 Å². The van der Waals surface area contributed by atoms with Gasteiger partial charge in [-0.2, -0.15) is 0 Å². The number of hydrogen-bond donors (Lipinski definition) is 0. The summed E-state index contributed by atoms with van der Waals surface area (Å²) >= 11 is 0. The highest BCUT2D eigenvalue weighted by Crippen LogP contribution is 2.35. The number of Topliss-reactive ketones (excluding diaryl/α,β-unsaturated/α-hetero) is 1. The predicted octanol–water partition coefficient (Wildman–Crippen LogP) is 3.03. The van der Waals surface area contributed by atoms with E-state index < -0.39 is 11.7 Å². The second-order valence-corrected chi connectivity index (χ2v) is 5.13. The fourth-order valence-electron chi connectivity index (χ4n) is 2.68. The molecule has 0 aliphatic carbocycles. The first-order valence-corrected chi connectivity index (χ1v) is 6.60. The summed E-state index contributed by atoms with van der Waals surface area (Å²) in [5.74, 6) is -0.821. The fourth-order valence-corrected chi connectivity index (χ4v) is 2.68. The van der Waals surface area contributed by atoms with E-state index in [1.807, 2.05) is 56.3 Å². The predicted molar refractivity (Wildman–Crippen MR) is 77.9 cm³/mol. The van der Waals surface area contributed by atoms with Gasteiger partial charge in [0, 0.05) is 0 Å². The van der Waals surface area contributed by atoms with Crippen molar-refractivity contribution in [3.05, 3.63) is 64.7 Å². The number of rotatable bonds is 2. The maximum absolute atomic E-state index is 12.2. The largest absolute Gasteiger partial charge is 0.300 e. The summed E-state index contributed by atoms with van der Waals surface area (Å²) in [6.07, 6.45) is 0. The van der Waals surface area contributed by atoms with Crippen LogP contribution in [0.15, 0.2) is 42.5 Å². The Balaban J connectivity index is 2.09. The van der Waals surface area contributed by atoms with Gasteiger partial charge in [0.15, 0.2) is 0 Å². The van der Waals surface area contributed by atoms with Gasteiger partial charge in [-0.3, -0.25) is 9.59 Å². The Bertz CT molecular complexity index is 704. The monoisotopic (exact) mass is 265 g/mol. The van der Waals surface area contributed by atoms with Crippen molar-refractivity contribution in [1.29, 1.82) is 0 Å². The first-order valence-electron chi connectivity index (χ1n) is 6.60. The molecule has 0 aromatic heterocycles. The van der Waals surface area contributed by atoms with Gasteiger partial charge < -0.3 is 4.90 Å². The number of hydrogen-bond acceptors (Lipinski definition) is 2. The van der Waals surface area contributed by atoms with Crippen LogP contribution in [0.5, 0.6) is 0 Å². The lowest BCUT2D eigenvalue weighted by molar-refractivity contribution is -0.114. The number of ketones is 1. The van der Waals surface area contributed by atoms with Crippen molar-refractivity contribution < 1.29 is 9.59 Å². The van der Waals surface area contributed by atoms with E-state index in [2.05, 4.69) is 0 Å². The van der Waals surface area contributed by atoms with Crippen LogP contribution < -0.4 is 4.90 Å². The van der Waals surface area contributed by atoms with E-state index in [1.165, 1.54) is 0 Å².